The summed E-state index contributed by atoms with van der Waals surface area (Å²) in [5, 5.41) is 9.05. The Morgan fingerprint density at radius 3 is 2.29 bits per heavy atom. The molecule has 0 saturated carbocycles. The van der Waals surface area contributed by atoms with E-state index in [0.717, 1.165) is 22.4 Å². The van der Waals surface area contributed by atoms with Crippen molar-refractivity contribution in [1.82, 2.24) is 4.98 Å². The number of carbonyl (C=O) groups is 1. The molecule has 0 amide bonds. The first kappa shape index (κ1) is 13.7. The van der Waals surface area contributed by atoms with E-state index in [1.54, 1.807) is 0 Å². The molecule has 0 aromatic carbocycles. The predicted octanol–water partition coefficient (Wildman–Crippen LogP) is 3.26. The Kier molecular flexibility index (Phi) is 4.27. The zero-order valence-corrected chi connectivity index (χ0v) is 11.2. The second kappa shape index (κ2) is 5.30. The van der Waals surface area contributed by atoms with Gasteiger partial charge in [0.25, 0.3) is 0 Å². The van der Waals surface area contributed by atoms with Gasteiger partial charge in [-0.2, -0.15) is 0 Å². The summed E-state index contributed by atoms with van der Waals surface area (Å²) in [7, 11) is 0. The number of nitrogens with zero attached hydrogens (tertiary/aromatic N) is 1. The van der Waals surface area contributed by atoms with Crippen molar-refractivity contribution >= 4 is 5.97 Å². The molecular weight excluding hydrogens is 214 g/mol. The molecule has 1 heterocycles. The summed E-state index contributed by atoms with van der Waals surface area (Å²) in [4.78, 5) is 15.4. The lowest BCUT2D eigenvalue weighted by atomic mass is 9.87. The molecule has 0 aliphatic rings. The van der Waals surface area contributed by atoms with Crippen LogP contribution in [0.2, 0.25) is 0 Å². The Balaban J connectivity index is 3.43. The summed E-state index contributed by atoms with van der Waals surface area (Å²) < 4.78 is 0. The average molecular weight is 235 g/mol. The summed E-state index contributed by atoms with van der Waals surface area (Å²) in [5.74, 6) is -0.176. The summed E-state index contributed by atoms with van der Waals surface area (Å²) in [5.41, 5.74) is 4.05. The number of rotatable bonds is 4. The number of pyridine rings is 1. The van der Waals surface area contributed by atoms with Gasteiger partial charge in [-0.05, 0) is 35.4 Å². The standard InChI is InChI=1S/C14H21NO2/c1-8(2)12-7-15-10(5)14(9(3)4)11(12)6-13(16)17/h7-9H,6H2,1-5H3,(H,16,17). The Morgan fingerprint density at radius 2 is 1.88 bits per heavy atom. The molecule has 0 bridgehead atoms. The highest BCUT2D eigenvalue weighted by Crippen LogP contribution is 2.29. The number of hydrogen-bond acceptors (Lipinski definition) is 2. The maximum Gasteiger partial charge on any atom is 0.307 e. The fourth-order valence-corrected chi connectivity index (χ4v) is 2.30. The van der Waals surface area contributed by atoms with E-state index in [2.05, 4.69) is 32.7 Å². The van der Waals surface area contributed by atoms with Crippen LogP contribution < -0.4 is 0 Å². The van der Waals surface area contributed by atoms with Crippen LogP contribution in [-0.4, -0.2) is 16.1 Å². The molecule has 0 aliphatic heterocycles. The molecule has 0 radical (unpaired) electrons. The van der Waals surface area contributed by atoms with Crippen molar-refractivity contribution in [2.45, 2.75) is 52.9 Å². The topological polar surface area (TPSA) is 50.2 Å². The predicted molar refractivity (Wildman–Crippen MR) is 68.5 cm³/mol. The van der Waals surface area contributed by atoms with Crippen molar-refractivity contribution in [3.05, 3.63) is 28.6 Å². The fourth-order valence-electron chi connectivity index (χ4n) is 2.30. The Bertz CT molecular complexity index is 422. The second-order valence-corrected chi connectivity index (χ2v) is 5.07. The Morgan fingerprint density at radius 1 is 1.29 bits per heavy atom. The normalized spacial score (nSPS) is 11.2. The van der Waals surface area contributed by atoms with E-state index in [1.807, 2.05) is 13.1 Å². The average Bonchev–Trinajstić information content (AvgIpc) is 2.15. The number of aryl methyl sites for hydroxylation is 1. The van der Waals surface area contributed by atoms with Gasteiger partial charge in [0.2, 0.25) is 0 Å². The molecule has 3 nitrogen and oxygen atoms in total. The number of carboxylic acids is 1. The van der Waals surface area contributed by atoms with E-state index in [0.29, 0.717) is 11.8 Å². The van der Waals surface area contributed by atoms with Crippen LogP contribution in [0.25, 0.3) is 0 Å². The minimum Gasteiger partial charge on any atom is -0.481 e. The van der Waals surface area contributed by atoms with Crippen molar-refractivity contribution < 1.29 is 9.90 Å². The van der Waals surface area contributed by atoms with Gasteiger partial charge in [-0.15, -0.1) is 0 Å². The molecular formula is C14H21NO2. The molecule has 1 N–H and O–H groups in total. The zero-order chi connectivity index (χ0) is 13.2. The first-order valence-corrected chi connectivity index (χ1v) is 6.04. The minimum atomic E-state index is -0.778. The maximum atomic E-state index is 11.0. The van der Waals surface area contributed by atoms with Gasteiger partial charge >= 0.3 is 5.97 Å². The van der Waals surface area contributed by atoms with Gasteiger partial charge in [0, 0.05) is 11.9 Å². The number of aromatic nitrogens is 1. The van der Waals surface area contributed by atoms with Crippen LogP contribution in [0.3, 0.4) is 0 Å². The van der Waals surface area contributed by atoms with Gasteiger partial charge in [-0.25, -0.2) is 0 Å². The van der Waals surface area contributed by atoms with E-state index in [9.17, 15) is 4.79 Å². The first-order valence-electron chi connectivity index (χ1n) is 6.04. The van der Waals surface area contributed by atoms with Crippen LogP contribution in [0.15, 0.2) is 6.20 Å². The smallest absolute Gasteiger partial charge is 0.307 e. The van der Waals surface area contributed by atoms with Crippen LogP contribution >= 0.6 is 0 Å². The van der Waals surface area contributed by atoms with E-state index < -0.39 is 5.97 Å². The molecule has 94 valence electrons. The highest BCUT2D eigenvalue weighted by Gasteiger charge is 2.18. The molecule has 0 spiro atoms. The highest BCUT2D eigenvalue weighted by molar-refractivity contribution is 5.71. The third-order valence-electron chi connectivity index (χ3n) is 2.99. The summed E-state index contributed by atoms with van der Waals surface area (Å²) in [6, 6.07) is 0. The van der Waals surface area contributed by atoms with Gasteiger partial charge in [-0.3, -0.25) is 9.78 Å². The van der Waals surface area contributed by atoms with Gasteiger partial charge in [-0.1, -0.05) is 27.7 Å². The van der Waals surface area contributed by atoms with Gasteiger partial charge in [0.1, 0.15) is 0 Å². The van der Waals surface area contributed by atoms with E-state index in [4.69, 9.17) is 5.11 Å². The Hall–Kier alpha value is -1.38. The second-order valence-electron chi connectivity index (χ2n) is 5.07. The minimum absolute atomic E-state index is 0.0877. The van der Waals surface area contributed by atoms with Crippen LogP contribution in [-0.2, 0) is 11.2 Å². The van der Waals surface area contributed by atoms with Crippen LogP contribution in [0.5, 0.6) is 0 Å². The van der Waals surface area contributed by atoms with Crippen LogP contribution in [0, 0.1) is 6.92 Å². The lowest BCUT2D eigenvalue weighted by Gasteiger charge is -2.20. The monoisotopic (exact) mass is 235 g/mol. The third-order valence-corrected chi connectivity index (χ3v) is 2.99. The third kappa shape index (κ3) is 3.05. The van der Waals surface area contributed by atoms with E-state index in [-0.39, 0.29) is 6.42 Å². The SMILES string of the molecule is Cc1ncc(C(C)C)c(CC(=O)O)c1C(C)C. The summed E-state index contributed by atoms with van der Waals surface area (Å²) in [6.07, 6.45) is 1.91. The molecule has 0 unspecified atom stereocenters. The van der Waals surface area contributed by atoms with Crippen LogP contribution in [0.4, 0.5) is 0 Å². The van der Waals surface area contributed by atoms with Crippen LogP contribution in [0.1, 0.15) is 61.9 Å². The summed E-state index contributed by atoms with van der Waals surface area (Å²) in [6.45, 7) is 10.3. The molecule has 0 saturated heterocycles. The lowest BCUT2D eigenvalue weighted by molar-refractivity contribution is -0.136. The van der Waals surface area contributed by atoms with Crippen molar-refractivity contribution in [2.75, 3.05) is 0 Å². The van der Waals surface area contributed by atoms with E-state index in [1.165, 1.54) is 0 Å². The molecule has 0 aliphatic carbocycles. The fraction of sp³-hybridized carbons (Fsp3) is 0.571. The highest BCUT2D eigenvalue weighted by atomic mass is 16.4. The van der Waals surface area contributed by atoms with Crippen molar-refractivity contribution in [1.29, 1.82) is 0 Å². The Labute approximate surface area is 103 Å². The molecule has 3 heteroatoms. The molecule has 1 rings (SSSR count). The maximum absolute atomic E-state index is 11.0. The number of aliphatic carboxylic acids is 1. The largest absolute Gasteiger partial charge is 0.481 e. The van der Waals surface area contributed by atoms with E-state index >= 15 is 0 Å². The van der Waals surface area contributed by atoms with Gasteiger partial charge < -0.3 is 5.11 Å². The first-order chi connectivity index (χ1) is 7.84. The lowest BCUT2D eigenvalue weighted by Crippen LogP contribution is -2.12. The quantitative estimate of drug-likeness (QED) is 0.871. The zero-order valence-electron chi connectivity index (χ0n) is 11.2. The van der Waals surface area contributed by atoms with Gasteiger partial charge in [0.15, 0.2) is 0 Å². The molecule has 1 aromatic rings. The van der Waals surface area contributed by atoms with Crippen molar-refractivity contribution in [3.63, 3.8) is 0 Å². The molecule has 0 fully saturated rings. The van der Waals surface area contributed by atoms with Crippen molar-refractivity contribution in [3.8, 4) is 0 Å². The number of hydrogen-bond donors (Lipinski definition) is 1. The number of carboxylic acid groups (broad SMARTS) is 1. The van der Waals surface area contributed by atoms with Gasteiger partial charge in [0.05, 0.1) is 6.42 Å². The molecule has 1 aromatic heterocycles. The van der Waals surface area contributed by atoms with Crippen molar-refractivity contribution in [2.24, 2.45) is 0 Å². The molecule has 17 heavy (non-hydrogen) atoms. The summed E-state index contributed by atoms with van der Waals surface area (Å²) >= 11 is 0. The molecule has 0 atom stereocenters.